The van der Waals surface area contributed by atoms with Crippen LogP contribution in [0.25, 0.3) is 0 Å². The van der Waals surface area contributed by atoms with Crippen molar-refractivity contribution in [3.05, 3.63) is 33.8 Å². The maximum atomic E-state index is 11.0. The number of guanidine groups is 1. The normalized spacial score (nSPS) is 14.1. The van der Waals surface area contributed by atoms with Crippen molar-refractivity contribution in [2.45, 2.75) is 13.0 Å². The summed E-state index contributed by atoms with van der Waals surface area (Å²) in [4.78, 5) is 3.96. The van der Waals surface area contributed by atoms with Gasteiger partial charge in [-0.3, -0.25) is 4.99 Å². The lowest BCUT2D eigenvalue weighted by atomic mass is 10.1. The molecule has 0 saturated heterocycles. The number of nitrogens with two attached hydrogens (primary N) is 1. The van der Waals surface area contributed by atoms with Crippen LogP contribution in [-0.2, 0) is 9.84 Å². The average Bonchev–Trinajstić information content (AvgIpc) is 2.26. The van der Waals surface area contributed by atoms with E-state index in [4.69, 9.17) is 28.9 Å². The van der Waals surface area contributed by atoms with Crippen LogP contribution in [0.3, 0.4) is 0 Å². The fourth-order valence-corrected chi connectivity index (χ4v) is 2.52. The first-order valence-corrected chi connectivity index (χ1v) is 8.70. The molecule has 0 aliphatic carbocycles. The molecule has 1 aromatic carbocycles. The molecule has 0 radical (unpaired) electrons. The van der Waals surface area contributed by atoms with Crippen LogP contribution >= 0.6 is 23.2 Å². The summed E-state index contributed by atoms with van der Waals surface area (Å²) in [5.74, 6) is 0.137. The maximum Gasteiger partial charge on any atom is 0.189 e. The second-order valence-electron chi connectivity index (χ2n) is 4.43. The summed E-state index contributed by atoms with van der Waals surface area (Å²) >= 11 is 11.9. The van der Waals surface area contributed by atoms with E-state index in [1.165, 1.54) is 0 Å². The number of nitrogens with zero attached hydrogens (tertiary/aromatic N) is 1. The van der Waals surface area contributed by atoms with Crippen LogP contribution in [0, 0.1) is 0 Å². The van der Waals surface area contributed by atoms with Gasteiger partial charge >= 0.3 is 0 Å². The molecule has 0 fully saturated rings. The second kappa shape index (κ2) is 7.15. The first kappa shape index (κ1) is 17.1. The van der Waals surface area contributed by atoms with Gasteiger partial charge in [-0.15, -0.1) is 0 Å². The Morgan fingerprint density at radius 2 is 2.10 bits per heavy atom. The van der Waals surface area contributed by atoms with E-state index in [0.717, 1.165) is 11.8 Å². The number of benzene rings is 1. The van der Waals surface area contributed by atoms with E-state index < -0.39 is 9.84 Å². The molecule has 1 unspecified atom stereocenters. The van der Waals surface area contributed by atoms with Crippen molar-refractivity contribution in [2.24, 2.45) is 10.7 Å². The van der Waals surface area contributed by atoms with Crippen LogP contribution in [0.5, 0.6) is 0 Å². The van der Waals surface area contributed by atoms with Crippen LogP contribution in [0.2, 0.25) is 10.0 Å². The Labute approximate surface area is 129 Å². The molecule has 1 rings (SSSR count). The van der Waals surface area contributed by atoms with Crippen LogP contribution < -0.4 is 11.1 Å². The highest BCUT2D eigenvalue weighted by atomic mass is 35.5. The van der Waals surface area contributed by atoms with Gasteiger partial charge in [-0.05, 0) is 24.6 Å². The predicted molar refractivity (Wildman–Crippen MR) is 84.2 cm³/mol. The molecule has 0 aliphatic heterocycles. The number of sulfone groups is 1. The summed E-state index contributed by atoms with van der Waals surface area (Å²) < 4.78 is 21.9. The number of rotatable bonds is 5. The van der Waals surface area contributed by atoms with E-state index in [0.29, 0.717) is 10.0 Å². The van der Waals surface area contributed by atoms with E-state index in [9.17, 15) is 8.42 Å². The standard InChI is InChI=1S/C12H17Cl2N3O2S/c1-8(10-4-3-9(13)7-11(10)14)17-12(15)16-5-6-20(2,18)19/h3-4,7-8H,5-6H2,1-2H3,(H3,15,16,17). The van der Waals surface area contributed by atoms with Gasteiger partial charge in [-0.2, -0.15) is 0 Å². The Balaban J connectivity index is 2.65. The average molecular weight is 338 g/mol. The topological polar surface area (TPSA) is 84.5 Å². The fraction of sp³-hybridized carbons (Fsp3) is 0.417. The molecule has 0 amide bonds. The van der Waals surface area contributed by atoms with E-state index in [-0.39, 0.29) is 24.3 Å². The molecule has 0 aliphatic rings. The monoisotopic (exact) mass is 337 g/mol. The van der Waals surface area contributed by atoms with E-state index >= 15 is 0 Å². The lowest BCUT2D eigenvalue weighted by Crippen LogP contribution is -2.34. The van der Waals surface area contributed by atoms with Crippen molar-refractivity contribution >= 4 is 39.0 Å². The number of hydrogen-bond donors (Lipinski definition) is 2. The van der Waals surface area contributed by atoms with Crippen molar-refractivity contribution in [3.8, 4) is 0 Å². The maximum absolute atomic E-state index is 11.0. The molecular weight excluding hydrogens is 321 g/mol. The van der Waals surface area contributed by atoms with Gasteiger partial charge in [0.1, 0.15) is 9.84 Å². The highest BCUT2D eigenvalue weighted by molar-refractivity contribution is 7.90. The highest BCUT2D eigenvalue weighted by Crippen LogP contribution is 2.25. The number of hydrogen-bond acceptors (Lipinski definition) is 3. The van der Waals surface area contributed by atoms with Gasteiger partial charge in [-0.25, -0.2) is 8.42 Å². The molecule has 112 valence electrons. The molecule has 0 aromatic heterocycles. The molecule has 0 saturated carbocycles. The summed E-state index contributed by atoms with van der Waals surface area (Å²) in [6, 6.07) is 5.01. The van der Waals surface area contributed by atoms with E-state index in [2.05, 4.69) is 10.3 Å². The Bertz CT molecular complexity index is 603. The summed E-state index contributed by atoms with van der Waals surface area (Å²) in [6.07, 6.45) is 1.16. The zero-order valence-corrected chi connectivity index (χ0v) is 13.6. The second-order valence-corrected chi connectivity index (χ2v) is 7.53. The number of aliphatic imine (C=N–C) groups is 1. The van der Waals surface area contributed by atoms with Crippen LogP contribution in [-0.4, -0.2) is 32.9 Å². The Morgan fingerprint density at radius 1 is 1.45 bits per heavy atom. The molecule has 1 atom stereocenters. The summed E-state index contributed by atoms with van der Waals surface area (Å²) in [7, 11) is -3.04. The highest BCUT2D eigenvalue weighted by Gasteiger charge is 2.10. The minimum atomic E-state index is -3.04. The summed E-state index contributed by atoms with van der Waals surface area (Å²) in [5.41, 5.74) is 6.53. The zero-order valence-electron chi connectivity index (χ0n) is 11.2. The molecule has 0 spiro atoms. The zero-order chi connectivity index (χ0) is 15.3. The Kier molecular flexibility index (Phi) is 6.10. The molecule has 20 heavy (non-hydrogen) atoms. The van der Waals surface area contributed by atoms with Gasteiger partial charge in [0.15, 0.2) is 5.96 Å². The number of halogens is 2. The SMILES string of the molecule is CC(NC(N)=NCCS(C)(=O)=O)c1ccc(Cl)cc1Cl. The molecule has 0 heterocycles. The Hall–Kier alpha value is -0.980. The van der Waals surface area contributed by atoms with Crippen LogP contribution in [0.1, 0.15) is 18.5 Å². The first-order chi connectivity index (χ1) is 9.19. The number of nitrogens with one attached hydrogen (secondary N) is 1. The quantitative estimate of drug-likeness (QED) is 0.635. The molecule has 5 nitrogen and oxygen atoms in total. The third kappa shape index (κ3) is 5.98. The summed E-state index contributed by atoms with van der Waals surface area (Å²) in [6.45, 7) is 1.99. The van der Waals surface area contributed by atoms with Gasteiger partial charge in [-0.1, -0.05) is 29.3 Å². The van der Waals surface area contributed by atoms with Crippen molar-refractivity contribution in [1.29, 1.82) is 0 Å². The minimum absolute atomic E-state index is 0.0362. The molecule has 0 bridgehead atoms. The smallest absolute Gasteiger partial charge is 0.189 e. The Morgan fingerprint density at radius 3 is 2.65 bits per heavy atom. The van der Waals surface area contributed by atoms with Crippen molar-refractivity contribution in [1.82, 2.24) is 5.32 Å². The van der Waals surface area contributed by atoms with Gasteiger partial charge in [0.2, 0.25) is 0 Å². The largest absolute Gasteiger partial charge is 0.370 e. The van der Waals surface area contributed by atoms with Crippen LogP contribution in [0.4, 0.5) is 0 Å². The van der Waals surface area contributed by atoms with Gasteiger partial charge in [0, 0.05) is 16.3 Å². The molecule has 8 heteroatoms. The minimum Gasteiger partial charge on any atom is -0.370 e. The van der Waals surface area contributed by atoms with Crippen LogP contribution in [0.15, 0.2) is 23.2 Å². The molecule has 3 N–H and O–H groups in total. The third-order valence-electron chi connectivity index (χ3n) is 2.54. The lowest BCUT2D eigenvalue weighted by Gasteiger charge is -2.16. The predicted octanol–water partition coefficient (Wildman–Crippen LogP) is 2.00. The third-order valence-corrected chi connectivity index (χ3v) is 4.02. The van der Waals surface area contributed by atoms with Crippen molar-refractivity contribution in [2.75, 3.05) is 18.6 Å². The summed E-state index contributed by atoms with van der Waals surface area (Å²) in [5, 5.41) is 4.03. The van der Waals surface area contributed by atoms with Crippen molar-refractivity contribution < 1.29 is 8.42 Å². The van der Waals surface area contributed by atoms with Gasteiger partial charge in [0.25, 0.3) is 0 Å². The first-order valence-electron chi connectivity index (χ1n) is 5.88. The van der Waals surface area contributed by atoms with E-state index in [1.807, 2.05) is 6.92 Å². The fourth-order valence-electron chi connectivity index (χ4n) is 1.53. The molecular formula is C12H17Cl2N3O2S. The molecule has 1 aromatic rings. The van der Waals surface area contributed by atoms with Gasteiger partial charge < -0.3 is 11.1 Å². The van der Waals surface area contributed by atoms with Crippen molar-refractivity contribution in [3.63, 3.8) is 0 Å². The van der Waals surface area contributed by atoms with E-state index in [1.54, 1.807) is 18.2 Å². The van der Waals surface area contributed by atoms with Gasteiger partial charge in [0.05, 0.1) is 18.3 Å². The lowest BCUT2D eigenvalue weighted by molar-refractivity contribution is 0.601.